The molecule has 2 heterocycles. The van der Waals surface area contributed by atoms with Gasteiger partial charge in [-0.2, -0.15) is 13.2 Å². The van der Waals surface area contributed by atoms with Gasteiger partial charge in [-0.1, -0.05) is 29.8 Å². The quantitative estimate of drug-likeness (QED) is 0.864. The number of alkyl halides is 3. The number of carboxylic acids is 1. The van der Waals surface area contributed by atoms with Gasteiger partial charge >= 0.3 is 12.1 Å². The second-order valence-electron chi connectivity index (χ2n) is 6.39. The third kappa shape index (κ3) is 2.98. The van der Waals surface area contributed by atoms with E-state index in [0.29, 0.717) is 10.4 Å². The first-order valence-corrected chi connectivity index (χ1v) is 8.77. The molecule has 8 heteroatoms. The molecule has 1 fully saturated rings. The first-order valence-electron chi connectivity index (χ1n) is 7.90. The maximum absolute atomic E-state index is 13.3. The van der Waals surface area contributed by atoms with E-state index in [0.717, 1.165) is 27.4 Å². The predicted molar refractivity (Wildman–Crippen MR) is 91.1 cm³/mol. The molecule has 1 aliphatic heterocycles. The summed E-state index contributed by atoms with van der Waals surface area (Å²) in [5, 5.41) is 10.8. The van der Waals surface area contributed by atoms with Gasteiger partial charge in [0.2, 0.25) is 0 Å². The summed E-state index contributed by atoms with van der Waals surface area (Å²) in [4.78, 5) is 25.4. The number of aryl methyl sites for hydroxylation is 1. The summed E-state index contributed by atoms with van der Waals surface area (Å²) < 4.78 is 39.9. The maximum Gasteiger partial charge on any atom is 0.406 e. The monoisotopic (exact) mass is 383 g/mol. The fourth-order valence-corrected chi connectivity index (χ4v) is 3.97. The van der Waals surface area contributed by atoms with Crippen LogP contribution in [0.2, 0.25) is 0 Å². The highest BCUT2D eigenvalue weighted by Gasteiger charge is 2.64. The van der Waals surface area contributed by atoms with Crippen LogP contribution < -0.4 is 0 Å². The van der Waals surface area contributed by atoms with Crippen molar-refractivity contribution in [2.24, 2.45) is 5.41 Å². The van der Waals surface area contributed by atoms with Crippen molar-refractivity contribution in [1.82, 2.24) is 4.90 Å². The molecule has 1 amide bonds. The van der Waals surface area contributed by atoms with Crippen molar-refractivity contribution < 1.29 is 27.9 Å². The van der Waals surface area contributed by atoms with Gasteiger partial charge in [0.25, 0.3) is 5.91 Å². The third-order valence-electron chi connectivity index (χ3n) is 4.73. The smallest absolute Gasteiger partial charge is 0.406 e. The highest BCUT2D eigenvalue weighted by Crippen LogP contribution is 2.46. The lowest BCUT2D eigenvalue weighted by atomic mass is 9.86. The van der Waals surface area contributed by atoms with Crippen molar-refractivity contribution in [3.8, 4) is 11.1 Å². The number of amides is 1. The summed E-state index contributed by atoms with van der Waals surface area (Å²) in [7, 11) is 0. The topological polar surface area (TPSA) is 57.6 Å². The van der Waals surface area contributed by atoms with E-state index in [1.54, 1.807) is 11.4 Å². The average molecular weight is 383 g/mol. The number of thiophene rings is 1. The van der Waals surface area contributed by atoms with Crippen molar-refractivity contribution in [3.63, 3.8) is 0 Å². The SMILES string of the molecule is Cc1ccc(-c2ccsc2C(=O)N2CCC(C(=O)O)(C(F)(F)F)C2)cc1. The zero-order valence-electron chi connectivity index (χ0n) is 13.8. The summed E-state index contributed by atoms with van der Waals surface area (Å²) in [6.07, 6.45) is -5.55. The van der Waals surface area contributed by atoms with Crippen LogP contribution in [0.15, 0.2) is 35.7 Å². The maximum atomic E-state index is 13.3. The Morgan fingerprint density at radius 1 is 1.19 bits per heavy atom. The minimum atomic E-state index is -4.91. The Hall–Kier alpha value is -2.35. The standard InChI is InChI=1S/C18H16F3NO3S/c1-11-2-4-12(5-3-11)13-6-9-26-14(13)15(23)22-8-7-17(10-22,16(24)25)18(19,20)21/h2-6,9H,7-8,10H2,1H3,(H,24,25). The fourth-order valence-electron chi connectivity index (χ4n) is 3.09. The summed E-state index contributed by atoms with van der Waals surface area (Å²) in [6.45, 7) is 0.822. The van der Waals surface area contributed by atoms with Gasteiger partial charge in [-0.05, 0) is 30.4 Å². The molecule has 0 radical (unpaired) electrons. The van der Waals surface area contributed by atoms with Crippen molar-refractivity contribution in [2.45, 2.75) is 19.5 Å². The molecular formula is C18H16F3NO3S. The molecule has 1 saturated heterocycles. The number of benzene rings is 1. The molecule has 0 aliphatic carbocycles. The summed E-state index contributed by atoms with van der Waals surface area (Å²) in [5.41, 5.74) is -0.420. The molecule has 3 rings (SSSR count). The van der Waals surface area contributed by atoms with Crippen LogP contribution in [0.25, 0.3) is 11.1 Å². The molecule has 0 saturated carbocycles. The fraction of sp³-hybridized carbons (Fsp3) is 0.333. The lowest BCUT2D eigenvalue weighted by Crippen LogP contribution is -2.47. The molecule has 26 heavy (non-hydrogen) atoms. The van der Waals surface area contributed by atoms with Crippen LogP contribution in [0.5, 0.6) is 0 Å². The Kier molecular flexibility index (Phi) is 4.56. The molecule has 1 aromatic carbocycles. The van der Waals surface area contributed by atoms with Gasteiger partial charge in [-0.3, -0.25) is 9.59 Å². The molecular weight excluding hydrogens is 367 g/mol. The molecule has 0 bridgehead atoms. The second-order valence-corrected chi connectivity index (χ2v) is 7.31. The van der Waals surface area contributed by atoms with Gasteiger partial charge in [-0.15, -0.1) is 11.3 Å². The third-order valence-corrected chi connectivity index (χ3v) is 5.63. The molecule has 1 aromatic heterocycles. The lowest BCUT2D eigenvalue weighted by Gasteiger charge is -2.27. The number of hydrogen-bond donors (Lipinski definition) is 1. The number of rotatable bonds is 3. The molecule has 138 valence electrons. The van der Waals surface area contributed by atoms with E-state index >= 15 is 0 Å². The molecule has 0 spiro atoms. The summed E-state index contributed by atoms with van der Waals surface area (Å²) in [6, 6.07) is 9.20. The van der Waals surface area contributed by atoms with Crippen LogP contribution in [-0.2, 0) is 4.79 Å². The Morgan fingerprint density at radius 3 is 2.38 bits per heavy atom. The van der Waals surface area contributed by atoms with Crippen LogP contribution >= 0.6 is 11.3 Å². The number of hydrogen-bond acceptors (Lipinski definition) is 3. The molecule has 1 unspecified atom stereocenters. The highest BCUT2D eigenvalue weighted by molar-refractivity contribution is 7.12. The van der Waals surface area contributed by atoms with Crippen molar-refractivity contribution >= 4 is 23.2 Å². The van der Waals surface area contributed by atoms with Crippen LogP contribution in [0.4, 0.5) is 13.2 Å². The van der Waals surface area contributed by atoms with E-state index in [-0.39, 0.29) is 6.54 Å². The number of nitrogens with zero attached hydrogens (tertiary/aromatic N) is 1. The molecule has 1 aliphatic rings. The number of aliphatic carboxylic acids is 1. The van der Waals surface area contributed by atoms with Gasteiger partial charge in [0.1, 0.15) is 0 Å². The van der Waals surface area contributed by atoms with Gasteiger partial charge in [0, 0.05) is 18.7 Å². The lowest BCUT2D eigenvalue weighted by molar-refractivity contribution is -0.227. The summed E-state index contributed by atoms with van der Waals surface area (Å²) >= 11 is 1.14. The van der Waals surface area contributed by atoms with Crippen LogP contribution in [-0.4, -0.2) is 41.1 Å². The highest BCUT2D eigenvalue weighted by atomic mass is 32.1. The van der Waals surface area contributed by atoms with Crippen molar-refractivity contribution in [2.75, 3.05) is 13.1 Å². The van der Waals surface area contributed by atoms with Crippen molar-refractivity contribution in [1.29, 1.82) is 0 Å². The first kappa shape index (κ1) is 18.4. The van der Waals surface area contributed by atoms with E-state index < -0.39 is 36.4 Å². The number of halogens is 3. The second kappa shape index (κ2) is 6.42. The molecule has 1 atom stereocenters. The Balaban J connectivity index is 1.89. The van der Waals surface area contributed by atoms with Gasteiger partial charge in [-0.25, -0.2) is 0 Å². The van der Waals surface area contributed by atoms with Gasteiger partial charge in [0.15, 0.2) is 5.41 Å². The van der Waals surface area contributed by atoms with Crippen LogP contribution in [0, 0.1) is 12.3 Å². The van der Waals surface area contributed by atoms with E-state index in [2.05, 4.69) is 0 Å². The minimum absolute atomic E-state index is 0.240. The van der Waals surface area contributed by atoms with E-state index in [4.69, 9.17) is 5.11 Å². The zero-order chi connectivity index (χ0) is 19.1. The van der Waals surface area contributed by atoms with Crippen LogP contribution in [0.3, 0.4) is 0 Å². The molecule has 4 nitrogen and oxygen atoms in total. The predicted octanol–water partition coefficient (Wildman–Crippen LogP) is 4.20. The molecule has 1 N–H and O–H groups in total. The Morgan fingerprint density at radius 2 is 1.85 bits per heavy atom. The van der Waals surface area contributed by atoms with E-state index in [1.807, 2.05) is 31.2 Å². The van der Waals surface area contributed by atoms with E-state index in [1.165, 1.54) is 0 Å². The zero-order valence-corrected chi connectivity index (χ0v) is 14.7. The number of carboxylic acid groups (broad SMARTS) is 1. The largest absolute Gasteiger partial charge is 0.481 e. The normalized spacial score (nSPS) is 20.4. The van der Waals surface area contributed by atoms with Gasteiger partial charge in [0.05, 0.1) is 4.88 Å². The number of carbonyl (C=O) groups is 2. The Bertz CT molecular complexity index is 844. The number of carbonyl (C=O) groups excluding carboxylic acids is 1. The van der Waals surface area contributed by atoms with Crippen molar-refractivity contribution in [3.05, 3.63) is 46.2 Å². The first-order chi connectivity index (χ1) is 12.2. The average Bonchev–Trinajstić information content (AvgIpc) is 3.22. The Labute approximate surface area is 151 Å². The van der Waals surface area contributed by atoms with Crippen LogP contribution in [0.1, 0.15) is 21.7 Å². The molecule has 2 aromatic rings. The summed E-state index contributed by atoms with van der Waals surface area (Å²) in [5.74, 6) is -2.51. The minimum Gasteiger partial charge on any atom is -0.481 e. The number of likely N-dealkylation sites (tertiary alicyclic amines) is 1. The van der Waals surface area contributed by atoms with E-state index in [9.17, 15) is 22.8 Å². The van der Waals surface area contributed by atoms with Gasteiger partial charge < -0.3 is 10.0 Å².